The van der Waals surface area contributed by atoms with Gasteiger partial charge in [-0.25, -0.2) is 18.6 Å². The van der Waals surface area contributed by atoms with Crippen LogP contribution in [0.1, 0.15) is 22.5 Å². The summed E-state index contributed by atoms with van der Waals surface area (Å²) < 4.78 is 30.2. The highest BCUT2D eigenvalue weighted by Crippen LogP contribution is 2.24. The van der Waals surface area contributed by atoms with Gasteiger partial charge in [-0.1, -0.05) is 0 Å². The fourth-order valence-electron chi connectivity index (χ4n) is 0.887. The average molecular weight is 439 g/mol. The lowest BCUT2D eigenvalue weighted by Crippen LogP contribution is -2.08. The molecular formula is C8H5F2I2NO2. The molecule has 1 heterocycles. The van der Waals surface area contributed by atoms with Gasteiger partial charge in [0, 0.05) is 0 Å². The summed E-state index contributed by atoms with van der Waals surface area (Å²) in [6.07, 6.45) is -2.70. The third-order valence-electron chi connectivity index (χ3n) is 1.57. The number of alkyl halides is 2. The summed E-state index contributed by atoms with van der Waals surface area (Å²) in [5.74, 6) is -0.637. The van der Waals surface area contributed by atoms with E-state index >= 15 is 0 Å². The maximum Gasteiger partial charge on any atom is 0.339 e. The van der Waals surface area contributed by atoms with E-state index in [0.717, 1.165) is 6.07 Å². The molecule has 0 N–H and O–H groups in total. The van der Waals surface area contributed by atoms with Crippen molar-refractivity contribution >= 4 is 51.2 Å². The second kappa shape index (κ2) is 5.32. The molecule has 0 radical (unpaired) electrons. The standard InChI is InChI=1S/C8H5F2I2NO2/c1-15-8(14)3-2-4(6(9)10)13-7(12)5(3)11/h2,6H,1H3. The molecule has 82 valence electrons. The van der Waals surface area contributed by atoms with E-state index in [9.17, 15) is 13.6 Å². The summed E-state index contributed by atoms with van der Waals surface area (Å²) in [5.41, 5.74) is -0.298. The van der Waals surface area contributed by atoms with E-state index in [0.29, 0.717) is 7.27 Å². The summed E-state index contributed by atoms with van der Waals surface area (Å²) in [6, 6.07) is 1.06. The van der Waals surface area contributed by atoms with Crippen molar-refractivity contribution in [3.8, 4) is 0 Å². The van der Waals surface area contributed by atoms with Gasteiger partial charge in [0.25, 0.3) is 6.43 Å². The molecule has 1 aromatic rings. The number of hydrogen-bond acceptors (Lipinski definition) is 3. The van der Waals surface area contributed by atoms with E-state index in [1.807, 2.05) is 22.6 Å². The maximum absolute atomic E-state index is 12.4. The quantitative estimate of drug-likeness (QED) is 0.405. The first-order chi connectivity index (χ1) is 6.97. The molecule has 1 aromatic heterocycles. The Labute approximate surface area is 112 Å². The number of halogens is 4. The van der Waals surface area contributed by atoms with Gasteiger partial charge in [-0.15, -0.1) is 0 Å². The van der Waals surface area contributed by atoms with Crippen molar-refractivity contribution < 1.29 is 18.3 Å². The Morgan fingerprint density at radius 2 is 2.13 bits per heavy atom. The lowest BCUT2D eigenvalue weighted by molar-refractivity contribution is 0.0598. The molecular weight excluding hydrogens is 434 g/mol. The Balaban J connectivity index is 3.31. The van der Waals surface area contributed by atoms with Gasteiger partial charge in [0.15, 0.2) is 0 Å². The molecule has 7 heteroatoms. The number of methoxy groups -OCH3 is 1. The Hall–Kier alpha value is -0.0600. The number of carbonyl (C=O) groups excluding carboxylic acids is 1. The Bertz CT molecular complexity index is 398. The summed E-state index contributed by atoms with van der Waals surface area (Å²) in [5, 5.41) is 0. The van der Waals surface area contributed by atoms with Gasteiger partial charge in [0.05, 0.1) is 16.2 Å². The normalized spacial score (nSPS) is 10.5. The molecule has 0 bridgehead atoms. The van der Waals surface area contributed by atoms with Crippen LogP contribution in [-0.2, 0) is 4.74 Å². The largest absolute Gasteiger partial charge is 0.465 e. The monoisotopic (exact) mass is 439 g/mol. The molecule has 1 rings (SSSR count). The zero-order chi connectivity index (χ0) is 11.6. The molecule has 0 fully saturated rings. The third-order valence-corrected chi connectivity index (χ3v) is 4.47. The van der Waals surface area contributed by atoms with Crippen molar-refractivity contribution in [2.75, 3.05) is 7.11 Å². The van der Waals surface area contributed by atoms with E-state index in [1.54, 1.807) is 22.6 Å². The maximum atomic E-state index is 12.4. The number of aromatic nitrogens is 1. The van der Waals surface area contributed by atoms with Crippen molar-refractivity contribution in [1.82, 2.24) is 4.98 Å². The van der Waals surface area contributed by atoms with Crippen molar-refractivity contribution in [1.29, 1.82) is 0 Å². The Kier molecular flexibility index (Phi) is 4.62. The molecule has 3 nitrogen and oxygen atoms in total. The van der Waals surface area contributed by atoms with Crippen molar-refractivity contribution in [2.24, 2.45) is 0 Å². The number of carbonyl (C=O) groups is 1. The van der Waals surface area contributed by atoms with Crippen LogP contribution >= 0.6 is 45.2 Å². The fourth-order valence-corrected chi connectivity index (χ4v) is 1.95. The van der Waals surface area contributed by atoms with Gasteiger partial charge in [-0.2, -0.15) is 0 Å². The second-order valence-corrected chi connectivity index (χ2v) is 4.59. The van der Waals surface area contributed by atoms with Crippen LogP contribution in [0.25, 0.3) is 0 Å². The predicted molar refractivity (Wildman–Crippen MR) is 66.0 cm³/mol. The molecule has 0 saturated heterocycles. The van der Waals surface area contributed by atoms with Gasteiger partial charge in [-0.3, -0.25) is 0 Å². The lowest BCUT2D eigenvalue weighted by atomic mass is 10.2. The van der Waals surface area contributed by atoms with Gasteiger partial charge in [-0.05, 0) is 51.2 Å². The number of ether oxygens (including phenoxy) is 1. The minimum Gasteiger partial charge on any atom is -0.465 e. The van der Waals surface area contributed by atoms with Crippen LogP contribution < -0.4 is 0 Å². The molecule has 0 amide bonds. The van der Waals surface area contributed by atoms with E-state index in [2.05, 4.69) is 9.72 Å². The first-order valence-electron chi connectivity index (χ1n) is 3.69. The van der Waals surface area contributed by atoms with Crippen LogP contribution in [-0.4, -0.2) is 18.1 Å². The van der Waals surface area contributed by atoms with Crippen molar-refractivity contribution in [3.05, 3.63) is 24.6 Å². The highest BCUT2D eigenvalue weighted by molar-refractivity contribution is 14.1. The summed E-state index contributed by atoms with van der Waals surface area (Å²) >= 11 is 3.67. The highest BCUT2D eigenvalue weighted by Gasteiger charge is 2.19. The summed E-state index contributed by atoms with van der Waals surface area (Å²) in [7, 11) is 1.20. The van der Waals surface area contributed by atoms with Crippen LogP contribution in [0, 0.1) is 7.27 Å². The van der Waals surface area contributed by atoms with Gasteiger partial charge in [0.1, 0.15) is 9.39 Å². The smallest absolute Gasteiger partial charge is 0.339 e. The molecule has 0 aromatic carbocycles. The number of esters is 1. The predicted octanol–water partition coefficient (Wildman–Crippen LogP) is 3.02. The van der Waals surface area contributed by atoms with E-state index in [4.69, 9.17) is 0 Å². The third kappa shape index (κ3) is 2.95. The summed E-state index contributed by atoms with van der Waals surface area (Å²) in [6.45, 7) is 0. The average Bonchev–Trinajstić information content (AvgIpc) is 2.20. The SMILES string of the molecule is COC(=O)c1cc(C(F)F)nc(I)c1I. The number of nitrogens with zero attached hydrogens (tertiary/aromatic N) is 1. The highest BCUT2D eigenvalue weighted by atomic mass is 127. The number of rotatable bonds is 2. The van der Waals surface area contributed by atoms with Gasteiger partial charge in [0.2, 0.25) is 0 Å². The number of hydrogen-bond donors (Lipinski definition) is 0. The van der Waals surface area contributed by atoms with Crippen LogP contribution in [0.15, 0.2) is 6.07 Å². The zero-order valence-corrected chi connectivity index (χ0v) is 11.7. The molecule has 0 atom stereocenters. The lowest BCUT2D eigenvalue weighted by Gasteiger charge is -2.07. The Morgan fingerprint density at radius 3 is 2.60 bits per heavy atom. The minimum atomic E-state index is -2.70. The fraction of sp³-hybridized carbons (Fsp3) is 0.250. The van der Waals surface area contributed by atoms with Crippen LogP contribution in [0.4, 0.5) is 8.78 Å². The van der Waals surface area contributed by atoms with Crippen LogP contribution in [0.2, 0.25) is 0 Å². The van der Waals surface area contributed by atoms with Gasteiger partial charge >= 0.3 is 5.97 Å². The Morgan fingerprint density at radius 1 is 1.53 bits per heavy atom. The van der Waals surface area contributed by atoms with E-state index < -0.39 is 18.1 Å². The minimum absolute atomic E-state index is 0.118. The van der Waals surface area contributed by atoms with Gasteiger partial charge < -0.3 is 4.74 Å². The molecule has 0 aliphatic rings. The molecule has 15 heavy (non-hydrogen) atoms. The van der Waals surface area contributed by atoms with E-state index in [-0.39, 0.29) is 5.56 Å². The first-order valence-corrected chi connectivity index (χ1v) is 5.85. The van der Waals surface area contributed by atoms with Crippen molar-refractivity contribution in [3.63, 3.8) is 0 Å². The molecule has 0 aliphatic heterocycles. The molecule has 0 saturated carbocycles. The van der Waals surface area contributed by atoms with Crippen LogP contribution in [0.3, 0.4) is 0 Å². The first kappa shape index (κ1) is 13.0. The summed E-state index contributed by atoms with van der Waals surface area (Å²) in [4.78, 5) is 14.9. The second-order valence-electron chi connectivity index (χ2n) is 2.49. The topological polar surface area (TPSA) is 39.2 Å². The molecule has 0 spiro atoms. The number of pyridine rings is 1. The van der Waals surface area contributed by atoms with Crippen molar-refractivity contribution in [2.45, 2.75) is 6.43 Å². The van der Waals surface area contributed by atoms with E-state index in [1.165, 1.54) is 7.11 Å². The zero-order valence-electron chi connectivity index (χ0n) is 7.43. The van der Waals surface area contributed by atoms with Crippen LogP contribution in [0.5, 0.6) is 0 Å². The molecule has 0 aliphatic carbocycles. The molecule has 0 unspecified atom stereocenters.